The molecule has 5 nitrogen and oxygen atoms in total. The Morgan fingerprint density at radius 3 is 2.82 bits per heavy atom. The Kier molecular flexibility index (Phi) is 8.30. The van der Waals surface area contributed by atoms with Gasteiger partial charge >= 0.3 is 0 Å². The van der Waals surface area contributed by atoms with Gasteiger partial charge in [0.2, 0.25) is 5.88 Å². The number of halogens is 1. The number of nitrogens with zero attached hydrogens (tertiary/aromatic N) is 2. The lowest BCUT2D eigenvalue weighted by Gasteiger charge is -2.24. The lowest BCUT2D eigenvalue weighted by molar-refractivity contribution is 0.397. The van der Waals surface area contributed by atoms with Crippen molar-refractivity contribution in [1.82, 2.24) is 15.6 Å². The van der Waals surface area contributed by atoms with Gasteiger partial charge in [0.15, 0.2) is 5.96 Å². The highest BCUT2D eigenvalue weighted by atomic mass is 127. The zero-order chi connectivity index (χ0) is 15.1. The van der Waals surface area contributed by atoms with Gasteiger partial charge in [0.1, 0.15) is 0 Å². The van der Waals surface area contributed by atoms with Gasteiger partial charge < -0.3 is 15.4 Å². The summed E-state index contributed by atoms with van der Waals surface area (Å²) in [7, 11) is 3.42. The first-order valence-corrected chi connectivity index (χ1v) is 8.21. The summed E-state index contributed by atoms with van der Waals surface area (Å²) in [5.41, 5.74) is 1.10. The molecule has 1 saturated heterocycles. The number of hydrogen-bond acceptors (Lipinski definition) is 4. The molecule has 1 fully saturated rings. The number of aromatic nitrogens is 1. The predicted molar refractivity (Wildman–Crippen MR) is 105 cm³/mol. The Morgan fingerprint density at radius 1 is 1.45 bits per heavy atom. The molecule has 1 aromatic heterocycles. The standard InChI is InChI=1S/C15H24N4OS.HI/c1-15(7-4-8-21-15)11-19-14(16-2)18-10-12-5-6-13(20-3)17-9-12;/h5-6,9H,4,7-8,10-11H2,1-3H3,(H2,16,18,19);1H. The smallest absolute Gasteiger partial charge is 0.212 e. The molecular formula is C15H25IN4OS. The van der Waals surface area contributed by atoms with Gasteiger partial charge in [0.25, 0.3) is 0 Å². The zero-order valence-corrected chi connectivity index (χ0v) is 16.5. The highest BCUT2D eigenvalue weighted by Crippen LogP contribution is 2.36. The number of guanidine groups is 1. The van der Waals surface area contributed by atoms with Crippen LogP contribution in [-0.4, -0.2) is 42.1 Å². The maximum atomic E-state index is 5.05. The van der Waals surface area contributed by atoms with E-state index in [1.54, 1.807) is 14.2 Å². The van der Waals surface area contributed by atoms with E-state index in [2.05, 4.69) is 27.5 Å². The molecule has 0 radical (unpaired) electrons. The molecule has 124 valence electrons. The molecule has 7 heteroatoms. The zero-order valence-electron chi connectivity index (χ0n) is 13.4. The maximum Gasteiger partial charge on any atom is 0.212 e. The molecule has 0 spiro atoms. The van der Waals surface area contributed by atoms with Gasteiger partial charge in [-0.25, -0.2) is 4.98 Å². The van der Waals surface area contributed by atoms with E-state index >= 15 is 0 Å². The first kappa shape index (κ1) is 19.3. The fraction of sp³-hybridized carbons (Fsp3) is 0.600. The van der Waals surface area contributed by atoms with Crippen LogP contribution in [0.15, 0.2) is 23.3 Å². The summed E-state index contributed by atoms with van der Waals surface area (Å²) >= 11 is 2.05. The normalized spacial score (nSPS) is 21.1. The number of thioether (sulfide) groups is 1. The molecule has 1 atom stereocenters. The van der Waals surface area contributed by atoms with E-state index in [1.807, 2.05) is 30.1 Å². The van der Waals surface area contributed by atoms with Crippen LogP contribution in [0.25, 0.3) is 0 Å². The fourth-order valence-electron chi connectivity index (χ4n) is 2.29. The molecule has 2 N–H and O–H groups in total. The van der Waals surface area contributed by atoms with E-state index in [-0.39, 0.29) is 24.0 Å². The third kappa shape index (κ3) is 5.83. The van der Waals surface area contributed by atoms with Crippen molar-refractivity contribution in [1.29, 1.82) is 0 Å². The van der Waals surface area contributed by atoms with Crippen LogP contribution in [0.1, 0.15) is 25.3 Å². The molecule has 0 saturated carbocycles. The van der Waals surface area contributed by atoms with Crippen molar-refractivity contribution in [2.24, 2.45) is 4.99 Å². The van der Waals surface area contributed by atoms with Crippen molar-refractivity contribution < 1.29 is 4.74 Å². The molecule has 0 aliphatic carbocycles. The van der Waals surface area contributed by atoms with E-state index in [0.29, 0.717) is 17.2 Å². The average molecular weight is 436 g/mol. The van der Waals surface area contributed by atoms with Gasteiger partial charge in [-0.05, 0) is 31.1 Å². The van der Waals surface area contributed by atoms with E-state index < -0.39 is 0 Å². The minimum atomic E-state index is 0. The summed E-state index contributed by atoms with van der Waals surface area (Å²) in [5, 5.41) is 6.73. The van der Waals surface area contributed by atoms with Crippen LogP contribution in [0.2, 0.25) is 0 Å². The van der Waals surface area contributed by atoms with Crippen molar-refractivity contribution in [3.8, 4) is 5.88 Å². The maximum absolute atomic E-state index is 5.05. The molecule has 1 unspecified atom stereocenters. The molecule has 1 aliphatic heterocycles. The number of methoxy groups -OCH3 is 1. The second-order valence-corrected chi connectivity index (χ2v) is 7.07. The largest absolute Gasteiger partial charge is 0.481 e. The first-order valence-electron chi connectivity index (χ1n) is 7.22. The Bertz CT molecular complexity index is 475. The third-order valence-corrected chi connectivity index (χ3v) is 5.16. The summed E-state index contributed by atoms with van der Waals surface area (Å²) in [5.74, 6) is 2.73. The van der Waals surface area contributed by atoms with Crippen LogP contribution >= 0.6 is 35.7 Å². The highest BCUT2D eigenvalue weighted by Gasteiger charge is 2.29. The SMILES string of the molecule is CN=C(NCc1ccc(OC)nc1)NCC1(C)CCCS1.I. The van der Waals surface area contributed by atoms with E-state index in [1.165, 1.54) is 18.6 Å². The lowest BCUT2D eigenvalue weighted by Crippen LogP contribution is -2.43. The Morgan fingerprint density at radius 2 is 2.27 bits per heavy atom. The molecule has 2 rings (SSSR count). The van der Waals surface area contributed by atoms with Crippen molar-refractivity contribution in [2.75, 3.05) is 26.5 Å². The first-order chi connectivity index (χ1) is 10.1. The van der Waals surface area contributed by atoms with Crippen molar-refractivity contribution >= 4 is 41.7 Å². The monoisotopic (exact) mass is 436 g/mol. The second kappa shape index (κ2) is 9.44. The Hall–Kier alpha value is -0.700. The summed E-state index contributed by atoms with van der Waals surface area (Å²) in [4.78, 5) is 8.46. The van der Waals surface area contributed by atoms with Gasteiger partial charge in [-0.2, -0.15) is 11.8 Å². The van der Waals surface area contributed by atoms with Gasteiger partial charge in [0.05, 0.1) is 7.11 Å². The molecule has 1 aromatic rings. The van der Waals surface area contributed by atoms with Crippen LogP contribution in [-0.2, 0) is 6.54 Å². The quantitative estimate of drug-likeness (QED) is 0.422. The highest BCUT2D eigenvalue weighted by molar-refractivity contribution is 14.0. The van der Waals surface area contributed by atoms with Gasteiger partial charge in [-0.15, -0.1) is 24.0 Å². The summed E-state index contributed by atoms with van der Waals surface area (Å²) < 4.78 is 5.39. The van der Waals surface area contributed by atoms with E-state index in [0.717, 1.165) is 18.1 Å². The van der Waals surface area contributed by atoms with Crippen LogP contribution in [0.4, 0.5) is 0 Å². The summed E-state index contributed by atoms with van der Waals surface area (Å²) in [6.45, 7) is 3.96. The van der Waals surface area contributed by atoms with Crippen LogP contribution < -0.4 is 15.4 Å². The van der Waals surface area contributed by atoms with Gasteiger partial charge in [-0.3, -0.25) is 4.99 Å². The molecular weight excluding hydrogens is 411 g/mol. The minimum absolute atomic E-state index is 0. The molecule has 2 heterocycles. The van der Waals surface area contributed by atoms with Crippen molar-refractivity contribution in [3.05, 3.63) is 23.9 Å². The van der Waals surface area contributed by atoms with Crippen molar-refractivity contribution in [2.45, 2.75) is 31.1 Å². The number of pyridine rings is 1. The average Bonchev–Trinajstić information content (AvgIpc) is 2.95. The topological polar surface area (TPSA) is 58.5 Å². The number of rotatable bonds is 5. The third-order valence-electron chi connectivity index (χ3n) is 3.62. The molecule has 0 aromatic carbocycles. The van der Waals surface area contributed by atoms with Crippen LogP contribution in [0, 0.1) is 0 Å². The lowest BCUT2D eigenvalue weighted by atomic mass is 10.1. The number of ether oxygens (including phenoxy) is 1. The van der Waals surface area contributed by atoms with E-state index in [9.17, 15) is 0 Å². The second-order valence-electron chi connectivity index (χ2n) is 5.39. The summed E-state index contributed by atoms with van der Waals surface area (Å²) in [6, 6.07) is 3.86. The Labute approximate surface area is 154 Å². The van der Waals surface area contributed by atoms with Crippen LogP contribution in [0.5, 0.6) is 5.88 Å². The molecule has 0 amide bonds. The molecule has 1 aliphatic rings. The fourth-order valence-corrected chi connectivity index (χ4v) is 3.53. The van der Waals surface area contributed by atoms with Gasteiger partial charge in [-0.1, -0.05) is 6.07 Å². The number of hydrogen-bond donors (Lipinski definition) is 2. The van der Waals surface area contributed by atoms with Crippen molar-refractivity contribution in [3.63, 3.8) is 0 Å². The summed E-state index contributed by atoms with van der Waals surface area (Å²) in [6.07, 6.45) is 4.39. The van der Waals surface area contributed by atoms with Crippen LogP contribution in [0.3, 0.4) is 0 Å². The Balaban J connectivity index is 0.00000242. The number of aliphatic imine (C=N–C) groups is 1. The predicted octanol–water partition coefficient (Wildman–Crippen LogP) is 2.66. The van der Waals surface area contributed by atoms with E-state index in [4.69, 9.17) is 4.74 Å². The van der Waals surface area contributed by atoms with Gasteiger partial charge in [0, 0.05) is 37.1 Å². The minimum Gasteiger partial charge on any atom is -0.481 e. The molecule has 22 heavy (non-hydrogen) atoms. The molecule has 0 bridgehead atoms. The number of nitrogens with one attached hydrogen (secondary N) is 2.